The molecule has 1 aliphatic rings. The number of anilines is 1. The lowest BCUT2D eigenvalue weighted by Crippen LogP contribution is -2.41. The fraction of sp³-hybridized carbons (Fsp3) is 0.471. The maximum atomic E-state index is 11.3. The molecule has 7 heteroatoms. The van der Waals surface area contributed by atoms with Crippen LogP contribution in [0.5, 0.6) is 0 Å². The number of rotatable bonds is 4. The molecular formula is C17H24BNO4S. The number of benzene rings is 1. The number of carboxylic acids is 1. The molecule has 0 amide bonds. The predicted octanol–water partition coefficient (Wildman–Crippen LogP) is 3.22. The molecule has 0 aliphatic carbocycles. The van der Waals surface area contributed by atoms with E-state index in [1.165, 1.54) is 0 Å². The Morgan fingerprint density at radius 2 is 1.83 bits per heavy atom. The van der Waals surface area contributed by atoms with Gasteiger partial charge in [0.15, 0.2) is 0 Å². The zero-order valence-corrected chi connectivity index (χ0v) is 15.6. The molecule has 2 rings (SSSR count). The van der Waals surface area contributed by atoms with E-state index in [4.69, 9.17) is 15.0 Å². The van der Waals surface area contributed by atoms with Crippen molar-refractivity contribution in [3.05, 3.63) is 34.3 Å². The Labute approximate surface area is 148 Å². The van der Waals surface area contributed by atoms with Crippen molar-refractivity contribution in [1.29, 1.82) is 0 Å². The van der Waals surface area contributed by atoms with Crippen LogP contribution in [0, 0.1) is 6.92 Å². The van der Waals surface area contributed by atoms with Crippen molar-refractivity contribution in [3.8, 4) is 0 Å². The molecule has 0 unspecified atom stereocenters. The SMILES string of the molecule is Cc1cc(C=C(CS)B2OC(C)(C)C(C)(C)O2)c(N)c(C(=O)O)c1. The predicted molar refractivity (Wildman–Crippen MR) is 100 cm³/mol. The summed E-state index contributed by atoms with van der Waals surface area (Å²) in [4.78, 5) is 11.3. The molecule has 5 nitrogen and oxygen atoms in total. The lowest BCUT2D eigenvalue weighted by atomic mass is 9.78. The second kappa shape index (κ2) is 6.46. The zero-order chi connectivity index (χ0) is 18.3. The molecule has 1 aromatic rings. The van der Waals surface area contributed by atoms with Gasteiger partial charge in [0.25, 0.3) is 0 Å². The van der Waals surface area contributed by atoms with E-state index in [-0.39, 0.29) is 11.3 Å². The number of aryl methyl sites for hydroxylation is 1. The Morgan fingerprint density at radius 3 is 2.29 bits per heavy atom. The molecule has 1 saturated heterocycles. The molecule has 24 heavy (non-hydrogen) atoms. The van der Waals surface area contributed by atoms with E-state index in [2.05, 4.69) is 12.6 Å². The second-order valence-electron chi connectivity index (χ2n) is 7.09. The van der Waals surface area contributed by atoms with Crippen LogP contribution >= 0.6 is 12.6 Å². The molecule has 0 atom stereocenters. The molecular weight excluding hydrogens is 325 g/mol. The molecule has 0 radical (unpaired) electrons. The minimum Gasteiger partial charge on any atom is -0.478 e. The van der Waals surface area contributed by atoms with E-state index in [1.54, 1.807) is 6.07 Å². The summed E-state index contributed by atoms with van der Waals surface area (Å²) in [7, 11) is -0.541. The van der Waals surface area contributed by atoms with Crippen LogP contribution in [-0.4, -0.2) is 35.1 Å². The fourth-order valence-corrected chi connectivity index (χ4v) is 2.74. The van der Waals surface area contributed by atoms with Gasteiger partial charge < -0.3 is 20.1 Å². The van der Waals surface area contributed by atoms with Crippen LogP contribution in [0.25, 0.3) is 6.08 Å². The van der Waals surface area contributed by atoms with Crippen LogP contribution in [0.3, 0.4) is 0 Å². The second-order valence-corrected chi connectivity index (χ2v) is 7.40. The number of hydrogen-bond acceptors (Lipinski definition) is 5. The largest absolute Gasteiger partial charge is 0.491 e. The van der Waals surface area contributed by atoms with E-state index in [0.29, 0.717) is 11.3 Å². The van der Waals surface area contributed by atoms with Crippen LogP contribution in [0.2, 0.25) is 0 Å². The summed E-state index contributed by atoms with van der Waals surface area (Å²) in [5, 5.41) is 9.29. The van der Waals surface area contributed by atoms with Crippen LogP contribution < -0.4 is 5.73 Å². The first-order chi connectivity index (χ1) is 11.0. The molecule has 3 N–H and O–H groups in total. The number of nitrogen functional groups attached to an aromatic ring is 1. The van der Waals surface area contributed by atoms with Crippen molar-refractivity contribution in [2.24, 2.45) is 0 Å². The molecule has 0 saturated carbocycles. The standard InChI is InChI=1S/C17H24BNO4S/c1-10-6-11(14(19)13(7-10)15(20)21)8-12(9-24)18-22-16(2,3)17(4,5)23-18/h6-8,24H,9,19H2,1-5H3,(H,20,21). The summed E-state index contributed by atoms with van der Waals surface area (Å²) in [6, 6.07) is 3.40. The maximum absolute atomic E-state index is 11.3. The summed E-state index contributed by atoms with van der Waals surface area (Å²) in [6.07, 6.45) is 1.81. The molecule has 1 aromatic carbocycles. The summed E-state index contributed by atoms with van der Waals surface area (Å²) in [6.45, 7) is 9.75. The molecule has 0 bridgehead atoms. The maximum Gasteiger partial charge on any atom is 0.491 e. The highest BCUT2D eigenvalue weighted by atomic mass is 32.1. The number of nitrogens with two attached hydrogens (primary N) is 1. The number of thiol groups is 1. The Morgan fingerprint density at radius 1 is 1.29 bits per heavy atom. The smallest absolute Gasteiger partial charge is 0.478 e. The average molecular weight is 349 g/mol. The van der Waals surface area contributed by atoms with Crippen LogP contribution in [0.1, 0.15) is 49.2 Å². The van der Waals surface area contributed by atoms with Crippen molar-refractivity contribution >= 4 is 37.5 Å². The van der Waals surface area contributed by atoms with Gasteiger partial charge in [0.1, 0.15) is 0 Å². The summed E-state index contributed by atoms with van der Waals surface area (Å²) in [5.74, 6) is -0.638. The zero-order valence-electron chi connectivity index (χ0n) is 14.7. The van der Waals surface area contributed by atoms with E-state index in [1.807, 2.05) is 46.8 Å². The van der Waals surface area contributed by atoms with Gasteiger partial charge in [-0.25, -0.2) is 4.79 Å². The Bertz CT molecular complexity index is 684. The lowest BCUT2D eigenvalue weighted by molar-refractivity contribution is 0.00578. The van der Waals surface area contributed by atoms with Gasteiger partial charge in [-0.15, -0.1) is 0 Å². The van der Waals surface area contributed by atoms with Gasteiger partial charge in [-0.2, -0.15) is 12.6 Å². The van der Waals surface area contributed by atoms with E-state index < -0.39 is 24.3 Å². The Kier molecular flexibility index (Phi) is 5.09. The van der Waals surface area contributed by atoms with Gasteiger partial charge in [0.2, 0.25) is 0 Å². The van der Waals surface area contributed by atoms with Crippen molar-refractivity contribution in [3.63, 3.8) is 0 Å². The third kappa shape index (κ3) is 3.48. The first kappa shape index (κ1) is 18.9. The van der Waals surface area contributed by atoms with Gasteiger partial charge in [-0.1, -0.05) is 6.08 Å². The van der Waals surface area contributed by atoms with Crippen molar-refractivity contribution in [2.75, 3.05) is 11.5 Å². The molecule has 1 fully saturated rings. The highest BCUT2D eigenvalue weighted by molar-refractivity contribution is 7.80. The quantitative estimate of drug-likeness (QED) is 0.442. The molecule has 130 valence electrons. The van der Waals surface area contributed by atoms with E-state index in [0.717, 1.165) is 11.0 Å². The highest BCUT2D eigenvalue weighted by Gasteiger charge is 2.52. The third-order valence-electron chi connectivity index (χ3n) is 4.67. The fourth-order valence-electron chi connectivity index (χ4n) is 2.50. The highest BCUT2D eigenvalue weighted by Crippen LogP contribution is 2.39. The Hall–Kier alpha value is -1.44. The lowest BCUT2D eigenvalue weighted by Gasteiger charge is -2.32. The molecule has 0 aromatic heterocycles. The van der Waals surface area contributed by atoms with E-state index >= 15 is 0 Å². The third-order valence-corrected chi connectivity index (χ3v) is 5.03. The molecule has 1 aliphatic heterocycles. The van der Waals surface area contributed by atoms with Gasteiger partial charge >= 0.3 is 13.1 Å². The van der Waals surface area contributed by atoms with Crippen LogP contribution in [-0.2, 0) is 9.31 Å². The van der Waals surface area contributed by atoms with Gasteiger partial charge in [0, 0.05) is 5.75 Å². The summed E-state index contributed by atoms with van der Waals surface area (Å²) < 4.78 is 12.1. The van der Waals surface area contributed by atoms with Crippen molar-refractivity contribution in [1.82, 2.24) is 0 Å². The average Bonchev–Trinajstić information content (AvgIpc) is 2.67. The van der Waals surface area contributed by atoms with Crippen LogP contribution in [0.4, 0.5) is 5.69 Å². The number of carbonyl (C=O) groups is 1. The Balaban J connectivity index is 2.44. The number of aromatic carboxylic acids is 1. The molecule has 0 spiro atoms. The summed E-state index contributed by atoms with van der Waals surface area (Å²) in [5.41, 5.74) is 7.69. The van der Waals surface area contributed by atoms with Crippen molar-refractivity contribution in [2.45, 2.75) is 45.8 Å². The first-order valence-electron chi connectivity index (χ1n) is 7.79. The van der Waals surface area contributed by atoms with Gasteiger partial charge in [-0.05, 0) is 63.4 Å². The van der Waals surface area contributed by atoms with Gasteiger partial charge in [-0.3, -0.25) is 0 Å². The normalized spacial score (nSPS) is 19.6. The molecule has 1 heterocycles. The van der Waals surface area contributed by atoms with Crippen LogP contribution in [0.15, 0.2) is 17.6 Å². The number of hydrogen-bond donors (Lipinski definition) is 3. The van der Waals surface area contributed by atoms with Gasteiger partial charge in [0.05, 0.1) is 22.5 Å². The van der Waals surface area contributed by atoms with E-state index in [9.17, 15) is 9.90 Å². The first-order valence-corrected chi connectivity index (χ1v) is 8.42. The number of carboxylic acid groups (broad SMARTS) is 1. The topological polar surface area (TPSA) is 81.8 Å². The summed E-state index contributed by atoms with van der Waals surface area (Å²) >= 11 is 4.38. The minimum atomic E-state index is -1.05. The monoisotopic (exact) mass is 349 g/mol. The minimum absolute atomic E-state index is 0.0914. The van der Waals surface area contributed by atoms with Crippen molar-refractivity contribution < 1.29 is 19.2 Å².